The zero-order valence-corrected chi connectivity index (χ0v) is 27.1. The van der Waals surface area contributed by atoms with Gasteiger partial charge in [0.1, 0.15) is 12.2 Å². The van der Waals surface area contributed by atoms with Crippen molar-refractivity contribution in [2.75, 3.05) is 4.72 Å². The van der Waals surface area contributed by atoms with Crippen LogP contribution in [0.5, 0.6) is 0 Å². The fourth-order valence-electron chi connectivity index (χ4n) is 6.07. The van der Waals surface area contributed by atoms with E-state index in [2.05, 4.69) is 15.7 Å². The van der Waals surface area contributed by atoms with Crippen LogP contribution in [0.2, 0.25) is 0 Å². The van der Waals surface area contributed by atoms with E-state index in [9.17, 15) is 31.2 Å². The molecular weight excluding hydrogens is 651 g/mol. The quantitative estimate of drug-likeness (QED) is 0.228. The maximum atomic E-state index is 13.6. The average molecular weight is 692 g/mol. The minimum Gasteiger partial charge on any atom is -0.371 e. The summed E-state index contributed by atoms with van der Waals surface area (Å²) >= 11 is 0. The number of hydrogen-bond donors (Lipinski definition) is 3. The number of nitrogens with zero attached hydrogens (tertiary/aromatic N) is 2. The third-order valence-corrected chi connectivity index (χ3v) is 9.62. The first-order chi connectivity index (χ1) is 23.0. The van der Waals surface area contributed by atoms with Gasteiger partial charge < -0.3 is 20.1 Å². The van der Waals surface area contributed by atoms with Gasteiger partial charge >= 0.3 is 15.5 Å². The van der Waals surface area contributed by atoms with Gasteiger partial charge in [0.05, 0.1) is 37.5 Å². The lowest BCUT2D eigenvalue weighted by Crippen LogP contribution is -2.48. The van der Waals surface area contributed by atoms with Crippen LogP contribution in [-0.4, -0.2) is 59.8 Å². The molecule has 0 spiro atoms. The Hall–Kier alpha value is -3.95. The maximum absolute atomic E-state index is 13.6. The van der Waals surface area contributed by atoms with E-state index in [-0.39, 0.29) is 23.9 Å². The summed E-state index contributed by atoms with van der Waals surface area (Å²) in [6.45, 7) is 0.148. The molecule has 2 aliphatic rings. The number of ether oxygens (including phenoxy) is 2. The fourth-order valence-corrected chi connectivity index (χ4v) is 6.56. The second kappa shape index (κ2) is 16.0. The highest BCUT2D eigenvalue weighted by Crippen LogP contribution is 2.27. The zero-order valence-electron chi connectivity index (χ0n) is 26.3. The molecule has 4 atom stereocenters. The van der Waals surface area contributed by atoms with Gasteiger partial charge in [-0.05, 0) is 36.8 Å². The molecule has 0 bridgehead atoms. The molecule has 3 N–H and O–H groups in total. The summed E-state index contributed by atoms with van der Waals surface area (Å²) in [6, 6.07) is 19.3. The second-order valence-electron chi connectivity index (χ2n) is 12.1. The number of rotatable bonds is 13. The molecule has 0 unspecified atom stereocenters. The van der Waals surface area contributed by atoms with E-state index in [1.54, 1.807) is 0 Å². The predicted octanol–water partition coefficient (Wildman–Crippen LogP) is 5.05. The molecule has 11 nitrogen and oxygen atoms in total. The van der Waals surface area contributed by atoms with Crippen LogP contribution in [0.25, 0.3) is 0 Å². The number of anilines is 1. The van der Waals surface area contributed by atoms with Crippen LogP contribution in [0.3, 0.4) is 0 Å². The summed E-state index contributed by atoms with van der Waals surface area (Å²) in [5.41, 5.74) is -3.94. The van der Waals surface area contributed by atoms with Crippen molar-refractivity contribution in [1.82, 2.24) is 20.4 Å². The van der Waals surface area contributed by atoms with Gasteiger partial charge in [0.25, 0.3) is 5.91 Å². The molecule has 2 amide bonds. The van der Waals surface area contributed by atoms with Gasteiger partial charge in [-0.25, -0.2) is 4.68 Å². The molecule has 48 heavy (non-hydrogen) atoms. The number of halogens is 3. The first-order valence-electron chi connectivity index (χ1n) is 16.1. The minimum absolute atomic E-state index is 0.267. The van der Waals surface area contributed by atoms with E-state index in [0.717, 1.165) is 54.0 Å². The number of carbonyl (C=O) groups is 2. The Labute approximate surface area is 277 Å². The largest absolute Gasteiger partial charge is 0.516 e. The van der Waals surface area contributed by atoms with Crippen LogP contribution in [0, 0.1) is 0 Å². The van der Waals surface area contributed by atoms with Gasteiger partial charge in [-0.1, -0.05) is 86.3 Å². The van der Waals surface area contributed by atoms with Gasteiger partial charge in [-0.15, -0.1) is 0 Å². The Morgan fingerprint density at radius 3 is 1.81 bits per heavy atom. The lowest BCUT2D eigenvalue weighted by atomic mass is 9.92. The molecule has 0 radical (unpaired) electrons. The Morgan fingerprint density at radius 2 is 1.29 bits per heavy atom. The number of amides is 2. The van der Waals surface area contributed by atoms with Crippen molar-refractivity contribution in [2.45, 2.75) is 101 Å². The van der Waals surface area contributed by atoms with E-state index >= 15 is 0 Å². The molecule has 1 aromatic heterocycles. The molecule has 0 saturated heterocycles. The third kappa shape index (κ3) is 9.57. The van der Waals surface area contributed by atoms with E-state index in [1.165, 1.54) is 4.72 Å². The number of benzene rings is 2. The van der Waals surface area contributed by atoms with Crippen LogP contribution in [0.1, 0.15) is 73.0 Å². The number of aromatic nitrogens is 2. The minimum atomic E-state index is -5.83. The third-order valence-electron chi connectivity index (χ3n) is 8.53. The van der Waals surface area contributed by atoms with Crippen LogP contribution in [-0.2, 0) is 44.1 Å². The topological polar surface area (TPSA) is 141 Å². The van der Waals surface area contributed by atoms with Gasteiger partial charge in [0.2, 0.25) is 5.91 Å². The number of hydrogen-bond acceptors (Lipinski definition) is 7. The Kier molecular flexibility index (Phi) is 11.8. The van der Waals surface area contributed by atoms with Crippen LogP contribution in [0.4, 0.5) is 19.0 Å². The van der Waals surface area contributed by atoms with Gasteiger partial charge in [-0.2, -0.15) is 26.7 Å². The lowest BCUT2D eigenvalue weighted by Gasteiger charge is -2.32. The molecule has 2 fully saturated rings. The SMILES string of the molecule is O=C(Cn1nc(NS(=O)(=O)C(F)(F)F)cc1C(=O)N[C@H]1CCCC[C@@H]1OCc1ccccc1)N[C@H]1CCCC[C@@H]1OCc1ccccc1. The molecule has 5 rings (SSSR count). The van der Waals surface area contributed by atoms with Crippen molar-refractivity contribution in [3.8, 4) is 0 Å². The standard InChI is InChI=1S/C33H40F3N5O6S/c34-33(35,36)48(44,45)40-30-19-27(32(43)38-26-16-8-10-18-29(26)47-22-24-13-5-2-6-14-24)41(39-30)20-31(42)37-25-15-7-9-17-28(25)46-21-23-11-3-1-4-12-23/h1-6,11-14,19,25-26,28-29H,7-10,15-18,20-22H2,(H,37,42)(H,38,43)(H,39,40)/t25-,26-,28-,29-/m0/s1. The van der Waals surface area contributed by atoms with Crippen molar-refractivity contribution in [3.05, 3.63) is 83.6 Å². The molecule has 2 aromatic carbocycles. The first kappa shape index (κ1) is 35.4. The van der Waals surface area contributed by atoms with Crippen LogP contribution in [0.15, 0.2) is 66.7 Å². The molecule has 0 aliphatic heterocycles. The van der Waals surface area contributed by atoms with E-state index in [0.29, 0.717) is 32.5 Å². The summed E-state index contributed by atoms with van der Waals surface area (Å²) in [7, 11) is -5.83. The van der Waals surface area contributed by atoms with Crippen molar-refractivity contribution in [3.63, 3.8) is 0 Å². The highest BCUT2D eigenvalue weighted by molar-refractivity contribution is 7.93. The summed E-state index contributed by atoms with van der Waals surface area (Å²) in [5.74, 6) is -2.03. The highest BCUT2D eigenvalue weighted by Gasteiger charge is 2.46. The summed E-state index contributed by atoms with van der Waals surface area (Å²) in [5, 5.41) is 9.70. The number of sulfonamides is 1. The lowest BCUT2D eigenvalue weighted by molar-refractivity contribution is -0.124. The number of alkyl halides is 3. The Balaban J connectivity index is 1.29. The van der Waals surface area contributed by atoms with E-state index in [4.69, 9.17) is 9.47 Å². The van der Waals surface area contributed by atoms with Gasteiger partial charge in [-0.3, -0.25) is 14.3 Å². The molecule has 1 heterocycles. The van der Waals surface area contributed by atoms with Crippen LogP contribution >= 0.6 is 0 Å². The normalized spacial score (nSPS) is 21.7. The molecule has 3 aromatic rings. The van der Waals surface area contributed by atoms with Crippen LogP contribution < -0.4 is 15.4 Å². The Morgan fingerprint density at radius 1 is 0.792 bits per heavy atom. The number of nitrogens with one attached hydrogen (secondary N) is 3. The monoisotopic (exact) mass is 691 g/mol. The Bertz CT molecular complexity index is 1620. The van der Waals surface area contributed by atoms with Crippen molar-refractivity contribution in [1.29, 1.82) is 0 Å². The predicted molar refractivity (Wildman–Crippen MR) is 171 cm³/mol. The maximum Gasteiger partial charge on any atom is 0.516 e. The molecule has 2 saturated carbocycles. The molecule has 15 heteroatoms. The zero-order chi connectivity index (χ0) is 34.1. The summed E-state index contributed by atoms with van der Waals surface area (Å²) < 4.78 is 77.7. The smallest absolute Gasteiger partial charge is 0.371 e. The summed E-state index contributed by atoms with van der Waals surface area (Å²) in [4.78, 5) is 26.9. The molecular formula is C33H40F3N5O6S. The summed E-state index contributed by atoms with van der Waals surface area (Å²) in [6.07, 6.45) is 5.57. The van der Waals surface area contributed by atoms with Crippen molar-refractivity contribution >= 4 is 27.7 Å². The van der Waals surface area contributed by atoms with Gasteiger partial charge in [0, 0.05) is 6.07 Å². The molecule has 260 valence electrons. The average Bonchev–Trinajstić information content (AvgIpc) is 3.45. The van der Waals surface area contributed by atoms with Crippen molar-refractivity contribution < 1.29 is 40.7 Å². The second-order valence-corrected chi connectivity index (χ2v) is 13.8. The first-order valence-corrected chi connectivity index (χ1v) is 17.5. The highest BCUT2D eigenvalue weighted by atomic mass is 32.2. The number of carbonyl (C=O) groups excluding carboxylic acids is 2. The van der Waals surface area contributed by atoms with Gasteiger partial charge in [0.15, 0.2) is 5.82 Å². The van der Waals surface area contributed by atoms with E-state index < -0.39 is 45.8 Å². The van der Waals surface area contributed by atoms with Crippen molar-refractivity contribution in [2.24, 2.45) is 0 Å². The fraction of sp³-hybridized carbons (Fsp3) is 0.485. The molecule has 2 aliphatic carbocycles. The van der Waals surface area contributed by atoms with E-state index in [1.807, 2.05) is 60.7 Å².